The predicted molar refractivity (Wildman–Crippen MR) is 56.3 cm³/mol. The number of rotatable bonds is 3. The van der Waals surface area contributed by atoms with E-state index in [-0.39, 0.29) is 21.5 Å². The van der Waals surface area contributed by atoms with Crippen LogP contribution < -0.4 is 10.5 Å². The Balaban J connectivity index is 3.43. The Bertz CT molecular complexity index is 373. The maximum absolute atomic E-state index is 13.6. The molecule has 4 nitrogen and oxygen atoms in total. The lowest BCUT2D eigenvalue weighted by molar-refractivity contribution is 0.259. The summed E-state index contributed by atoms with van der Waals surface area (Å²) in [5.74, 6) is -0.937. The van der Waals surface area contributed by atoms with Gasteiger partial charge in [0.15, 0.2) is 11.5 Å². The Morgan fingerprint density at radius 1 is 1.67 bits per heavy atom. The van der Waals surface area contributed by atoms with Crippen molar-refractivity contribution < 1.29 is 19.3 Å². The zero-order valence-electron chi connectivity index (χ0n) is 8.00. The molecule has 84 valence electrons. The van der Waals surface area contributed by atoms with Crippen molar-refractivity contribution in [3.63, 3.8) is 0 Å². The molecule has 0 aliphatic heterocycles. The lowest BCUT2D eigenvalue weighted by Crippen LogP contribution is -2.17. The van der Waals surface area contributed by atoms with E-state index in [1.165, 1.54) is 13.2 Å². The number of halogens is 2. The van der Waals surface area contributed by atoms with Gasteiger partial charge in [-0.3, -0.25) is 0 Å². The molecule has 0 saturated heterocycles. The number of aliphatic hydroxyl groups excluding tert-OH is 1. The van der Waals surface area contributed by atoms with Crippen LogP contribution in [0.4, 0.5) is 4.39 Å². The molecule has 0 bridgehead atoms. The molecule has 0 aliphatic carbocycles. The zero-order chi connectivity index (χ0) is 11.6. The Morgan fingerprint density at radius 3 is 2.73 bits per heavy atom. The highest BCUT2D eigenvalue weighted by Gasteiger charge is 2.22. The number of ether oxygens (including phenoxy) is 1. The monoisotopic (exact) mass is 279 g/mol. The Kier molecular flexibility index (Phi) is 3.90. The SMILES string of the molecule is COc1c(O)cc(Br)c(F)c1C(N)CO. The average Bonchev–Trinajstić information content (AvgIpc) is 2.21. The number of nitrogens with two attached hydrogens (primary N) is 1. The summed E-state index contributed by atoms with van der Waals surface area (Å²) in [6.45, 7) is -0.441. The predicted octanol–water partition coefficient (Wildman–Crippen LogP) is 1.29. The minimum absolute atomic E-state index is 0.0492. The standard InChI is InChI=1S/C9H11BrFNO3/c1-15-9-6(14)2-4(10)8(11)7(9)5(12)3-13/h2,5,13-14H,3,12H2,1H3. The van der Waals surface area contributed by atoms with Crippen LogP contribution in [0, 0.1) is 5.82 Å². The van der Waals surface area contributed by atoms with E-state index in [1.54, 1.807) is 0 Å². The Labute approximate surface area is 94.6 Å². The molecule has 1 unspecified atom stereocenters. The number of aliphatic hydroxyl groups is 1. The van der Waals surface area contributed by atoms with Gasteiger partial charge < -0.3 is 20.7 Å². The maximum atomic E-state index is 13.6. The maximum Gasteiger partial charge on any atom is 0.168 e. The van der Waals surface area contributed by atoms with Crippen LogP contribution in [-0.4, -0.2) is 23.9 Å². The van der Waals surface area contributed by atoms with Gasteiger partial charge in [-0.05, 0) is 15.9 Å². The fraction of sp³-hybridized carbons (Fsp3) is 0.333. The van der Waals surface area contributed by atoms with Crippen LogP contribution in [0.5, 0.6) is 11.5 Å². The van der Waals surface area contributed by atoms with Crippen LogP contribution in [-0.2, 0) is 0 Å². The highest BCUT2D eigenvalue weighted by atomic mass is 79.9. The third-order valence-corrected chi connectivity index (χ3v) is 2.54. The highest BCUT2D eigenvalue weighted by Crippen LogP contribution is 2.39. The fourth-order valence-electron chi connectivity index (χ4n) is 1.25. The number of phenols is 1. The lowest BCUT2D eigenvalue weighted by atomic mass is 10.1. The van der Waals surface area contributed by atoms with Crippen molar-refractivity contribution in [1.82, 2.24) is 0 Å². The van der Waals surface area contributed by atoms with Crippen molar-refractivity contribution in [2.45, 2.75) is 6.04 Å². The molecule has 0 radical (unpaired) electrons. The first-order valence-corrected chi connectivity index (χ1v) is 4.93. The van der Waals surface area contributed by atoms with E-state index < -0.39 is 18.5 Å². The number of hydrogen-bond donors (Lipinski definition) is 3. The van der Waals surface area contributed by atoms with Gasteiger partial charge in [-0.25, -0.2) is 4.39 Å². The normalized spacial score (nSPS) is 12.6. The second kappa shape index (κ2) is 4.78. The minimum Gasteiger partial charge on any atom is -0.504 e. The van der Waals surface area contributed by atoms with Crippen molar-refractivity contribution in [3.05, 3.63) is 21.9 Å². The number of benzene rings is 1. The first-order valence-electron chi connectivity index (χ1n) is 4.14. The number of aromatic hydroxyl groups is 1. The molecule has 1 aromatic carbocycles. The number of phenolic OH excluding ortho intramolecular Hbond substituents is 1. The molecule has 15 heavy (non-hydrogen) atoms. The Morgan fingerprint density at radius 2 is 2.27 bits per heavy atom. The summed E-state index contributed by atoms with van der Waals surface area (Å²) in [6, 6.07) is 0.227. The van der Waals surface area contributed by atoms with Gasteiger partial charge in [-0.1, -0.05) is 0 Å². The van der Waals surface area contributed by atoms with Crippen molar-refractivity contribution in [1.29, 1.82) is 0 Å². The van der Waals surface area contributed by atoms with Gasteiger partial charge in [0.1, 0.15) is 5.82 Å². The molecule has 0 heterocycles. The van der Waals surface area contributed by atoms with E-state index in [1.807, 2.05) is 0 Å². The third kappa shape index (κ3) is 2.22. The molecule has 0 aliphatic rings. The van der Waals surface area contributed by atoms with Gasteiger partial charge in [0.2, 0.25) is 0 Å². The summed E-state index contributed by atoms with van der Waals surface area (Å²) in [4.78, 5) is 0. The zero-order valence-corrected chi connectivity index (χ0v) is 9.58. The first-order chi connectivity index (χ1) is 7.02. The van der Waals surface area contributed by atoms with E-state index in [4.69, 9.17) is 15.6 Å². The number of hydrogen-bond acceptors (Lipinski definition) is 4. The summed E-state index contributed by atoms with van der Waals surface area (Å²) in [5, 5.41) is 18.4. The van der Waals surface area contributed by atoms with Crippen LogP contribution in [0.1, 0.15) is 11.6 Å². The molecular formula is C9H11BrFNO3. The van der Waals surface area contributed by atoms with Gasteiger partial charge in [0.25, 0.3) is 0 Å². The Hall–Kier alpha value is -0.850. The minimum atomic E-state index is -0.941. The summed E-state index contributed by atoms with van der Waals surface area (Å²) < 4.78 is 18.5. The summed E-state index contributed by atoms with van der Waals surface area (Å²) in [7, 11) is 1.29. The molecule has 0 saturated carbocycles. The van der Waals surface area contributed by atoms with Gasteiger partial charge in [-0.15, -0.1) is 0 Å². The largest absolute Gasteiger partial charge is 0.504 e. The molecule has 0 fully saturated rings. The molecule has 6 heteroatoms. The second-order valence-corrected chi connectivity index (χ2v) is 3.78. The molecule has 1 atom stereocenters. The van der Waals surface area contributed by atoms with Gasteiger partial charge in [0.05, 0.1) is 29.8 Å². The second-order valence-electron chi connectivity index (χ2n) is 2.93. The van der Waals surface area contributed by atoms with Crippen molar-refractivity contribution in [2.75, 3.05) is 13.7 Å². The van der Waals surface area contributed by atoms with Crippen LogP contribution in [0.3, 0.4) is 0 Å². The summed E-state index contributed by atoms with van der Waals surface area (Å²) >= 11 is 2.93. The smallest absolute Gasteiger partial charge is 0.168 e. The van der Waals surface area contributed by atoms with Gasteiger partial charge in [0, 0.05) is 6.07 Å². The highest BCUT2D eigenvalue weighted by molar-refractivity contribution is 9.10. The van der Waals surface area contributed by atoms with Crippen LogP contribution in [0.25, 0.3) is 0 Å². The van der Waals surface area contributed by atoms with E-state index in [0.717, 1.165) is 0 Å². The van der Waals surface area contributed by atoms with Crippen LogP contribution in [0.2, 0.25) is 0 Å². The third-order valence-electron chi connectivity index (χ3n) is 1.96. The topological polar surface area (TPSA) is 75.7 Å². The van der Waals surface area contributed by atoms with Crippen molar-refractivity contribution >= 4 is 15.9 Å². The first kappa shape index (κ1) is 12.2. The fourth-order valence-corrected chi connectivity index (χ4v) is 1.68. The lowest BCUT2D eigenvalue weighted by Gasteiger charge is -2.16. The van der Waals surface area contributed by atoms with Gasteiger partial charge >= 0.3 is 0 Å². The quantitative estimate of drug-likeness (QED) is 0.780. The van der Waals surface area contributed by atoms with Crippen molar-refractivity contribution in [2.24, 2.45) is 5.73 Å². The van der Waals surface area contributed by atoms with Gasteiger partial charge in [-0.2, -0.15) is 0 Å². The summed E-state index contributed by atoms with van der Waals surface area (Å²) in [6.07, 6.45) is 0. The molecular weight excluding hydrogens is 269 g/mol. The van der Waals surface area contributed by atoms with Crippen LogP contribution >= 0.6 is 15.9 Å². The summed E-state index contributed by atoms with van der Waals surface area (Å²) in [5.41, 5.74) is 5.46. The van der Waals surface area contributed by atoms with E-state index in [0.29, 0.717) is 0 Å². The molecule has 1 aromatic rings. The molecule has 0 spiro atoms. The number of methoxy groups -OCH3 is 1. The van der Waals surface area contributed by atoms with E-state index in [9.17, 15) is 9.50 Å². The average molecular weight is 280 g/mol. The van der Waals surface area contributed by atoms with Crippen molar-refractivity contribution in [3.8, 4) is 11.5 Å². The molecule has 4 N–H and O–H groups in total. The van der Waals surface area contributed by atoms with E-state index >= 15 is 0 Å². The molecule has 0 amide bonds. The van der Waals surface area contributed by atoms with Crippen LogP contribution in [0.15, 0.2) is 10.5 Å². The molecule has 1 rings (SSSR count). The van der Waals surface area contributed by atoms with E-state index in [2.05, 4.69) is 15.9 Å². The molecule has 0 aromatic heterocycles.